The SMILES string of the molecule is O=C(OCC1CCO1)c1ccc2c(cnn2C2CCCCO2)c1. The Hall–Kier alpha value is -1.92. The Balaban J connectivity index is 1.50. The van der Waals surface area contributed by atoms with Crippen molar-refractivity contribution in [2.75, 3.05) is 19.8 Å². The number of aromatic nitrogens is 2. The average Bonchev–Trinajstić information content (AvgIpc) is 2.97. The fourth-order valence-corrected chi connectivity index (χ4v) is 2.99. The summed E-state index contributed by atoms with van der Waals surface area (Å²) in [4.78, 5) is 12.1. The number of esters is 1. The van der Waals surface area contributed by atoms with E-state index in [-0.39, 0.29) is 18.3 Å². The minimum atomic E-state index is -0.316. The van der Waals surface area contributed by atoms with Crippen molar-refractivity contribution in [1.29, 1.82) is 0 Å². The molecule has 4 rings (SSSR count). The van der Waals surface area contributed by atoms with Crippen LogP contribution in [0.3, 0.4) is 0 Å². The smallest absolute Gasteiger partial charge is 0.338 e. The average molecular weight is 316 g/mol. The first kappa shape index (κ1) is 14.7. The van der Waals surface area contributed by atoms with Gasteiger partial charge in [-0.25, -0.2) is 9.48 Å². The van der Waals surface area contributed by atoms with Crippen LogP contribution >= 0.6 is 0 Å². The number of carbonyl (C=O) groups is 1. The molecule has 23 heavy (non-hydrogen) atoms. The number of hydrogen-bond donors (Lipinski definition) is 0. The molecule has 0 amide bonds. The lowest BCUT2D eigenvalue weighted by Gasteiger charge is -2.25. The van der Waals surface area contributed by atoms with Crippen LogP contribution in [0.1, 0.15) is 42.3 Å². The molecule has 0 spiro atoms. The molecule has 2 atom stereocenters. The van der Waals surface area contributed by atoms with Crippen LogP contribution in [0.5, 0.6) is 0 Å². The molecule has 0 bridgehead atoms. The highest BCUT2D eigenvalue weighted by Gasteiger charge is 2.21. The summed E-state index contributed by atoms with van der Waals surface area (Å²) < 4.78 is 18.2. The second-order valence-corrected chi connectivity index (χ2v) is 6.06. The van der Waals surface area contributed by atoms with Crippen molar-refractivity contribution in [1.82, 2.24) is 9.78 Å². The maximum absolute atomic E-state index is 12.1. The maximum Gasteiger partial charge on any atom is 0.338 e. The van der Waals surface area contributed by atoms with Crippen LogP contribution in [0.25, 0.3) is 10.9 Å². The number of fused-ring (bicyclic) bond motifs is 1. The number of rotatable bonds is 4. The molecule has 3 heterocycles. The van der Waals surface area contributed by atoms with E-state index in [1.54, 1.807) is 12.3 Å². The Morgan fingerprint density at radius 3 is 2.91 bits per heavy atom. The lowest BCUT2D eigenvalue weighted by molar-refractivity contribution is -0.0824. The van der Waals surface area contributed by atoms with Crippen LogP contribution in [0.2, 0.25) is 0 Å². The summed E-state index contributed by atoms with van der Waals surface area (Å²) in [7, 11) is 0. The van der Waals surface area contributed by atoms with Gasteiger partial charge in [0.05, 0.1) is 23.4 Å². The van der Waals surface area contributed by atoms with Gasteiger partial charge in [0.1, 0.15) is 6.61 Å². The summed E-state index contributed by atoms with van der Waals surface area (Å²) in [5.41, 5.74) is 1.52. The minimum absolute atomic E-state index is 0.00480. The number of nitrogens with zero attached hydrogens (tertiary/aromatic N) is 2. The third-order valence-electron chi connectivity index (χ3n) is 4.45. The fourth-order valence-electron chi connectivity index (χ4n) is 2.99. The maximum atomic E-state index is 12.1. The van der Waals surface area contributed by atoms with Gasteiger partial charge in [-0.1, -0.05) is 0 Å². The van der Waals surface area contributed by atoms with Crippen molar-refractivity contribution < 1.29 is 19.0 Å². The lowest BCUT2D eigenvalue weighted by Crippen LogP contribution is -2.32. The van der Waals surface area contributed by atoms with E-state index in [1.807, 2.05) is 16.8 Å². The van der Waals surface area contributed by atoms with Crippen molar-refractivity contribution >= 4 is 16.9 Å². The van der Waals surface area contributed by atoms with E-state index in [2.05, 4.69) is 5.10 Å². The third kappa shape index (κ3) is 2.96. The van der Waals surface area contributed by atoms with Gasteiger partial charge in [0, 0.05) is 25.0 Å². The molecule has 0 aliphatic carbocycles. The van der Waals surface area contributed by atoms with Gasteiger partial charge in [0.15, 0.2) is 6.23 Å². The normalized spacial score (nSPS) is 24.3. The molecule has 6 nitrogen and oxygen atoms in total. The zero-order valence-corrected chi connectivity index (χ0v) is 12.9. The number of ether oxygens (including phenoxy) is 3. The van der Waals surface area contributed by atoms with E-state index in [0.717, 1.165) is 49.8 Å². The fraction of sp³-hybridized carbons (Fsp3) is 0.529. The molecule has 0 saturated carbocycles. The van der Waals surface area contributed by atoms with Crippen molar-refractivity contribution in [3.8, 4) is 0 Å². The first-order chi connectivity index (χ1) is 11.3. The highest BCUT2D eigenvalue weighted by molar-refractivity contribution is 5.94. The monoisotopic (exact) mass is 316 g/mol. The second-order valence-electron chi connectivity index (χ2n) is 6.06. The highest BCUT2D eigenvalue weighted by Crippen LogP contribution is 2.26. The zero-order valence-electron chi connectivity index (χ0n) is 12.9. The topological polar surface area (TPSA) is 62.6 Å². The standard InChI is InChI=1S/C17H20N2O4/c20-17(23-11-14-6-8-21-14)12-4-5-15-13(9-12)10-18-19(15)16-3-1-2-7-22-16/h4-5,9-10,14,16H,1-3,6-8,11H2. The van der Waals surface area contributed by atoms with Gasteiger partial charge in [-0.15, -0.1) is 0 Å². The first-order valence-corrected chi connectivity index (χ1v) is 8.19. The van der Waals surface area contributed by atoms with Gasteiger partial charge >= 0.3 is 5.97 Å². The highest BCUT2D eigenvalue weighted by atomic mass is 16.6. The molecule has 2 aliphatic rings. The summed E-state index contributed by atoms with van der Waals surface area (Å²) in [5, 5.41) is 5.36. The predicted octanol–water partition coefficient (Wildman–Crippen LogP) is 2.68. The summed E-state index contributed by atoms with van der Waals surface area (Å²) >= 11 is 0. The zero-order chi connectivity index (χ0) is 15.6. The van der Waals surface area contributed by atoms with Gasteiger partial charge in [0.25, 0.3) is 0 Å². The molecule has 1 aromatic carbocycles. The van der Waals surface area contributed by atoms with Gasteiger partial charge < -0.3 is 14.2 Å². The minimum Gasteiger partial charge on any atom is -0.459 e. The van der Waals surface area contributed by atoms with E-state index in [0.29, 0.717) is 12.2 Å². The molecule has 0 N–H and O–H groups in total. The van der Waals surface area contributed by atoms with E-state index in [9.17, 15) is 4.79 Å². The molecule has 2 aromatic rings. The number of carbonyl (C=O) groups excluding carboxylic acids is 1. The Morgan fingerprint density at radius 2 is 2.17 bits per heavy atom. The molecular formula is C17H20N2O4. The van der Waals surface area contributed by atoms with Crippen LogP contribution < -0.4 is 0 Å². The number of hydrogen-bond acceptors (Lipinski definition) is 5. The molecule has 2 unspecified atom stereocenters. The summed E-state index contributed by atoms with van der Waals surface area (Å²) in [6.45, 7) is 1.86. The van der Waals surface area contributed by atoms with Gasteiger partial charge in [-0.2, -0.15) is 5.10 Å². The van der Waals surface area contributed by atoms with Crippen LogP contribution in [0, 0.1) is 0 Å². The van der Waals surface area contributed by atoms with Gasteiger partial charge in [-0.05, 0) is 37.5 Å². The number of benzene rings is 1. The molecule has 1 aromatic heterocycles. The van der Waals surface area contributed by atoms with Crippen LogP contribution in [0.15, 0.2) is 24.4 Å². The molecule has 6 heteroatoms. The van der Waals surface area contributed by atoms with E-state index < -0.39 is 0 Å². The van der Waals surface area contributed by atoms with Crippen molar-refractivity contribution in [2.24, 2.45) is 0 Å². The van der Waals surface area contributed by atoms with Crippen molar-refractivity contribution in [3.05, 3.63) is 30.0 Å². The molecule has 0 radical (unpaired) electrons. The summed E-state index contributed by atoms with van der Waals surface area (Å²) in [5.74, 6) is -0.316. The van der Waals surface area contributed by atoms with Gasteiger partial charge in [-0.3, -0.25) is 0 Å². The molecule has 2 saturated heterocycles. The largest absolute Gasteiger partial charge is 0.459 e. The first-order valence-electron chi connectivity index (χ1n) is 8.19. The Labute approximate surface area is 134 Å². The quantitative estimate of drug-likeness (QED) is 0.812. The summed E-state index contributed by atoms with van der Waals surface area (Å²) in [6, 6.07) is 5.52. The van der Waals surface area contributed by atoms with Crippen molar-refractivity contribution in [2.45, 2.75) is 38.0 Å². The Bertz CT molecular complexity index is 702. The Morgan fingerprint density at radius 1 is 1.26 bits per heavy atom. The molecule has 2 aliphatic heterocycles. The van der Waals surface area contributed by atoms with Crippen LogP contribution in [0.4, 0.5) is 0 Å². The van der Waals surface area contributed by atoms with E-state index in [4.69, 9.17) is 14.2 Å². The van der Waals surface area contributed by atoms with Crippen LogP contribution in [-0.4, -0.2) is 41.7 Å². The van der Waals surface area contributed by atoms with E-state index >= 15 is 0 Å². The molecule has 122 valence electrons. The second kappa shape index (κ2) is 6.29. The van der Waals surface area contributed by atoms with Gasteiger partial charge in [0.2, 0.25) is 0 Å². The predicted molar refractivity (Wildman–Crippen MR) is 83.2 cm³/mol. The lowest BCUT2D eigenvalue weighted by atomic mass is 10.1. The Kier molecular flexibility index (Phi) is 4.01. The van der Waals surface area contributed by atoms with Crippen molar-refractivity contribution in [3.63, 3.8) is 0 Å². The van der Waals surface area contributed by atoms with Crippen LogP contribution in [-0.2, 0) is 14.2 Å². The summed E-state index contributed by atoms with van der Waals surface area (Å²) in [6.07, 6.45) is 6.03. The molecular weight excluding hydrogens is 296 g/mol. The van der Waals surface area contributed by atoms with E-state index in [1.165, 1.54) is 0 Å². The molecule has 2 fully saturated rings. The third-order valence-corrected chi connectivity index (χ3v) is 4.45.